The maximum absolute atomic E-state index is 13.6. The van der Waals surface area contributed by atoms with Gasteiger partial charge in [0.2, 0.25) is 5.95 Å². The molecule has 1 atom stereocenters. The number of fused-ring (bicyclic) bond motifs is 1. The van der Waals surface area contributed by atoms with E-state index in [0.717, 1.165) is 11.8 Å². The first-order valence-electron chi connectivity index (χ1n) is 8.77. The molecular weight excluding hydrogens is 449 g/mol. The molecule has 8 nitrogen and oxygen atoms in total. The smallest absolute Gasteiger partial charge is 0.260 e. The summed E-state index contributed by atoms with van der Waals surface area (Å²) in [5, 5.41) is 5.79. The molecule has 0 bridgehead atoms. The van der Waals surface area contributed by atoms with Gasteiger partial charge in [0.15, 0.2) is 5.03 Å². The Kier molecular flexibility index (Phi) is 4.81. The first-order chi connectivity index (χ1) is 14.0. The monoisotopic (exact) mass is 465 g/mol. The molecule has 4 N–H and O–H groups in total. The van der Waals surface area contributed by atoms with Gasteiger partial charge in [-0.2, -0.15) is 0 Å². The zero-order valence-corrected chi connectivity index (χ0v) is 18.0. The number of amides is 1. The summed E-state index contributed by atoms with van der Waals surface area (Å²) in [6.45, 7) is 1.64. The quantitative estimate of drug-likeness (QED) is 0.572. The lowest BCUT2D eigenvalue weighted by molar-refractivity contribution is -0.124. The maximum Gasteiger partial charge on any atom is 0.260 e. The summed E-state index contributed by atoms with van der Waals surface area (Å²) in [5.41, 5.74) is 6.16. The number of nitrogens with two attached hydrogens (primary N) is 2. The Hall–Kier alpha value is -2.59. The average Bonchev–Trinajstić information content (AvgIpc) is 3.16. The van der Waals surface area contributed by atoms with E-state index in [1.807, 2.05) is 0 Å². The minimum absolute atomic E-state index is 0.111. The number of benzene rings is 2. The number of halogens is 2. The van der Waals surface area contributed by atoms with E-state index < -0.39 is 21.5 Å². The van der Waals surface area contributed by atoms with Gasteiger partial charge in [0.05, 0.1) is 11.9 Å². The fraction of sp³-hybridized carbons (Fsp3) is 0.158. The van der Waals surface area contributed by atoms with Crippen LogP contribution in [0.25, 0.3) is 0 Å². The number of primary sulfonamides is 1. The fourth-order valence-corrected chi connectivity index (χ4v) is 4.92. The summed E-state index contributed by atoms with van der Waals surface area (Å²) < 4.78 is 25.8. The molecule has 0 unspecified atom stereocenters. The highest BCUT2D eigenvalue weighted by Gasteiger charge is 2.51. The van der Waals surface area contributed by atoms with Gasteiger partial charge in [0.25, 0.3) is 15.9 Å². The Morgan fingerprint density at radius 2 is 1.70 bits per heavy atom. The maximum atomic E-state index is 13.6. The van der Waals surface area contributed by atoms with Crippen LogP contribution in [0.1, 0.15) is 12.5 Å². The summed E-state index contributed by atoms with van der Waals surface area (Å²) in [6.07, 6.45) is 1.32. The van der Waals surface area contributed by atoms with E-state index in [4.69, 9.17) is 34.1 Å². The highest BCUT2D eigenvalue weighted by atomic mass is 35.5. The number of carbonyl (C=O) groups excluding carboxylic acids is 1. The largest absolute Gasteiger partial charge is 0.399 e. The van der Waals surface area contributed by atoms with Crippen molar-refractivity contribution in [3.63, 3.8) is 0 Å². The number of nitrogen functional groups attached to an aromatic ring is 1. The minimum Gasteiger partial charge on any atom is -0.399 e. The molecule has 4 rings (SSSR count). The topological polar surface area (TPSA) is 124 Å². The van der Waals surface area contributed by atoms with Gasteiger partial charge in [-0.25, -0.2) is 23.4 Å². The normalized spacial score (nSPS) is 18.7. The number of nitrogens with zero attached hydrogens (tertiary/aromatic N) is 3. The zero-order valence-electron chi connectivity index (χ0n) is 15.7. The molecule has 0 saturated carbocycles. The second-order valence-corrected chi connectivity index (χ2v) is 9.62. The number of anilines is 3. The van der Waals surface area contributed by atoms with Crippen molar-refractivity contribution in [1.29, 1.82) is 0 Å². The molecule has 156 valence electrons. The molecule has 11 heteroatoms. The summed E-state index contributed by atoms with van der Waals surface area (Å²) in [4.78, 5) is 19.1. The van der Waals surface area contributed by atoms with Crippen LogP contribution in [0.3, 0.4) is 0 Å². The average molecular weight is 466 g/mol. The van der Waals surface area contributed by atoms with Crippen molar-refractivity contribution in [3.05, 3.63) is 64.3 Å². The number of hydrogen-bond donors (Lipinski definition) is 2. The Balaban J connectivity index is 1.93. The molecule has 0 spiro atoms. The first kappa shape index (κ1) is 20.7. The molecule has 0 aliphatic carbocycles. The minimum atomic E-state index is -4.15. The third-order valence-electron chi connectivity index (χ3n) is 4.99. The SMILES string of the molecule is C[C@@]1(Cc2ccc(N)cc2)C(=O)N(c2cc(Cl)cc(Cl)c2)c2ncc(S(N)(=O)=O)n21. The van der Waals surface area contributed by atoms with E-state index in [-0.39, 0.29) is 17.4 Å². The Bertz CT molecular complexity index is 1250. The van der Waals surface area contributed by atoms with E-state index >= 15 is 0 Å². The van der Waals surface area contributed by atoms with Gasteiger partial charge in [-0.05, 0) is 42.8 Å². The zero-order chi connectivity index (χ0) is 21.8. The number of aromatic nitrogens is 2. The van der Waals surface area contributed by atoms with E-state index in [1.54, 1.807) is 43.3 Å². The molecule has 0 fully saturated rings. The van der Waals surface area contributed by atoms with Crippen molar-refractivity contribution in [3.8, 4) is 0 Å². The molecule has 2 heterocycles. The molecule has 1 aromatic heterocycles. The van der Waals surface area contributed by atoms with E-state index in [9.17, 15) is 13.2 Å². The van der Waals surface area contributed by atoms with Crippen molar-refractivity contribution >= 4 is 56.5 Å². The molecule has 0 saturated heterocycles. The predicted molar refractivity (Wildman–Crippen MR) is 115 cm³/mol. The highest BCUT2D eigenvalue weighted by molar-refractivity contribution is 7.89. The van der Waals surface area contributed by atoms with Gasteiger partial charge >= 0.3 is 0 Å². The van der Waals surface area contributed by atoms with Gasteiger partial charge in [0, 0.05) is 22.2 Å². The first-order valence-corrected chi connectivity index (χ1v) is 11.1. The van der Waals surface area contributed by atoms with Crippen molar-refractivity contribution in [2.24, 2.45) is 5.14 Å². The van der Waals surface area contributed by atoms with Gasteiger partial charge in [0.1, 0.15) is 5.54 Å². The third-order valence-corrected chi connectivity index (χ3v) is 6.30. The summed E-state index contributed by atoms with van der Waals surface area (Å²) in [7, 11) is -4.15. The van der Waals surface area contributed by atoms with Crippen molar-refractivity contribution in [2.75, 3.05) is 10.6 Å². The van der Waals surface area contributed by atoms with Crippen molar-refractivity contribution in [2.45, 2.75) is 23.9 Å². The molecule has 30 heavy (non-hydrogen) atoms. The summed E-state index contributed by atoms with van der Waals surface area (Å²) in [5.74, 6) is -0.286. The van der Waals surface area contributed by atoms with E-state index in [2.05, 4.69) is 4.98 Å². The molecule has 1 aliphatic rings. The van der Waals surface area contributed by atoms with Crippen LogP contribution in [0, 0.1) is 0 Å². The Morgan fingerprint density at radius 1 is 1.10 bits per heavy atom. The standard InChI is InChI=1S/C19H17Cl2N5O3S/c1-19(9-11-2-4-14(22)5-3-11)17(27)25(15-7-12(20)6-13(21)8-15)18-24-10-16(26(18)19)30(23,28)29/h2-8,10H,9,22H2,1H3,(H2,23,28,29)/t19-/m1/s1. The lowest BCUT2D eigenvalue weighted by atomic mass is 9.92. The summed E-state index contributed by atoms with van der Waals surface area (Å²) in [6, 6.07) is 11.6. The van der Waals surface area contributed by atoms with Crippen LogP contribution in [-0.4, -0.2) is 23.9 Å². The molecule has 2 aromatic carbocycles. The third kappa shape index (κ3) is 3.33. The number of imidazole rings is 1. The second-order valence-electron chi connectivity index (χ2n) is 7.24. The van der Waals surface area contributed by atoms with Crippen LogP contribution in [0.2, 0.25) is 10.0 Å². The van der Waals surface area contributed by atoms with Gasteiger partial charge < -0.3 is 5.73 Å². The van der Waals surface area contributed by atoms with Gasteiger partial charge in [-0.1, -0.05) is 35.3 Å². The van der Waals surface area contributed by atoms with Crippen LogP contribution >= 0.6 is 23.2 Å². The molecular formula is C19H17Cl2N5O3S. The number of carbonyl (C=O) groups is 1. The van der Waals surface area contributed by atoms with Crippen LogP contribution in [-0.2, 0) is 26.8 Å². The van der Waals surface area contributed by atoms with E-state index in [0.29, 0.717) is 21.4 Å². The fourth-order valence-electron chi connectivity index (χ4n) is 3.67. The number of rotatable bonds is 4. The van der Waals surface area contributed by atoms with Crippen LogP contribution in [0.5, 0.6) is 0 Å². The molecule has 3 aromatic rings. The van der Waals surface area contributed by atoms with E-state index in [1.165, 1.54) is 15.5 Å². The van der Waals surface area contributed by atoms with Crippen molar-refractivity contribution in [1.82, 2.24) is 9.55 Å². The van der Waals surface area contributed by atoms with Gasteiger partial charge in [-0.15, -0.1) is 0 Å². The van der Waals surface area contributed by atoms with Crippen LogP contribution in [0.4, 0.5) is 17.3 Å². The Morgan fingerprint density at radius 3 is 2.27 bits per heavy atom. The second kappa shape index (κ2) is 6.98. The molecule has 0 radical (unpaired) electrons. The number of sulfonamides is 1. The molecule has 1 amide bonds. The van der Waals surface area contributed by atoms with Gasteiger partial charge in [-0.3, -0.25) is 9.36 Å². The lowest BCUT2D eigenvalue weighted by Gasteiger charge is -2.26. The van der Waals surface area contributed by atoms with Crippen LogP contribution in [0.15, 0.2) is 53.7 Å². The molecule has 1 aliphatic heterocycles. The summed E-state index contributed by atoms with van der Waals surface area (Å²) >= 11 is 12.2. The lowest BCUT2D eigenvalue weighted by Crippen LogP contribution is -2.42. The predicted octanol–water partition coefficient (Wildman–Crippen LogP) is 3.06. The van der Waals surface area contributed by atoms with Crippen molar-refractivity contribution < 1.29 is 13.2 Å². The number of hydrogen-bond acceptors (Lipinski definition) is 5. The highest BCUT2D eigenvalue weighted by Crippen LogP contribution is 2.44. The Labute approximate surface area is 183 Å². The van der Waals surface area contributed by atoms with Crippen LogP contribution < -0.4 is 15.8 Å².